The van der Waals surface area contributed by atoms with Gasteiger partial charge in [0.2, 0.25) is 0 Å². The van der Waals surface area contributed by atoms with E-state index in [0.717, 1.165) is 32.4 Å². The van der Waals surface area contributed by atoms with E-state index in [4.69, 9.17) is 9.47 Å². The first kappa shape index (κ1) is 10.7. The topological polar surface area (TPSA) is 38.8 Å². The van der Waals surface area contributed by atoms with Crippen molar-refractivity contribution in [1.29, 1.82) is 0 Å². The molecular weight excluding hydrogens is 194 g/mol. The summed E-state index contributed by atoms with van der Waals surface area (Å²) in [5.41, 5.74) is -0.743. The molecule has 2 saturated heterocycles. The SMILES string of the molecule is CC(C)(C)OC(=O)N1CCCC12CCO2. The molecule has 0 aliphatic carbocycles. The summed E-state index contributed by atoms with van der Waals surface area (Å²) in [5, 5.41) is 0. The number of nitrogens with zero attached hydrogens (tertiary/aromatic N) is 1. The van der Waals surface area contributed by atoms with Crippen LogP contribution in [-0.2, 0) is 9.47 Å². The largest absolute Gasteiger partial charge is 0.444 e. The molecule has 0 radical (unpaired) electrons. The van der Waals surface area contributed by atoms with Crippen LogP contribution in [0.3, 0.4) is 0 Å². The number of carbonyl (C=O) groups is 1. The fraction of sp³-hybridized carbons (Fsp3) is 0.909. The highest BCUT2D eigenvalue weighted by atomic mass is 16.6. The van der Waals surface area contributed by atoms with Gasteiger partial charge in [0.25, 0.3) is 0 Å². The smallest absolute Gasteiger partial charge is 0.412 e. The quantitative estimate of drug-likeness (QED) is 0.618. The third kappa shape index (κ3) is 1.95. The molecule has 4 nitrogen and oxygen atoms in total. The van der Waals surface area contributed by atoms with Crippen molar-refractivity contribution in [3.05, 3.63) is 0 Å². The molecule has 0 aromatic carbocycles. The van der Waals surface area contributed by atoms with E-state index in [0.29, 0.717) is 0 Å². The molecule has 2 fully saturated rings. The lowest BCUT2D eigenvalue weighted by Crippen LogP contribution is -2.57. The third-order valence-corrected chi connectivity index (χ3v) is 2.92. The number of likely N-dealkylation sites (tertiary alicyclic amines) is 1. The lowest BCUT2D eigenvalue weighted by molar-refractivity contribution is -0.212. The maximum atomic E-state index is 11.9. The van der Waals surface area contributed by atoms with Crippen LogP contribution < -0.4 is 0 Å². The van der Waals surface area contributed by atoms with Crippen LogP contribution in [0.15, 0.2) is 0 Å². The first-order valence-corrected chi connectivity index (χ1v) is 5.58. The van der Waals surface area contributed by atoms with E-state index in [1.165, 1.54) is 0 Å². The zero-order valence-corrected chi connectivity index (χ0v) is 9.71. The van der Waals surface area contributed by atoms with Crippen molar-refractivity contribution < 1.29 is 14.3 Å². The second-order valence-corrected chi connectivity index (χ2v) is 5.28. The molecule has 2 aliphatic rings. The molecule has 1 spiro atoms. The molecular formula is C11H19NO3. The van der Waals surface area contributed by atoms with Gasteiger partial charge in [0.05, 0.1) is 6.61 Å². The van der Waals surface area contributed by atoms with Gasteiger partial charge in [-0.2, -0.15) is 0 Å². The first-order chi connectivity index (χ1) is 6.93. The monoisotopic (exact) mass is 213 g/mol. The Morgan fingerprint density at radius 3 is 2.53 bits per heavy atom. The number of ether oxygens (including phenoxy) is 2. The highest BCUT2D eigenvalue weighted by molar-refractivity contribution is 5.69. The Kier molecular flexibility index (Phi) is 2.41. The zero-order chi connectivity index (χ0) is 11.1. The Morgan fingerprint density at radius 1 is 1.40 bits per heavy atom. The van der Waals surface area contributed by atoms with Crippen LogP contribution >= 0.6 is 0 Å². The van der Waals surface area contributed by atoms with Gasteiger partial charge in [-0.15, -0.1) is 0 Å². The van der Waals surface area contributed by atoms with Gasteiger partial charge >= 0.3 is 6.09 Å². The molecule has 1 amide bonds. The standard InChI is InChI=1S/C11H19NO3/c1-10(2,3)15-9(13)12-7-4-5-11(12)6-8-14-11/h4-8H2,1-3H3. The van der Waals surface area contributed by atoms with E-state index in [2.05, 4.69) is 0 Å². The molecule has 15 heavy (non-hydrogen) atoms. The van der Waals surface area contributed by atoms with Crippen molar-refractivity contribution in [2.45, 2.75) is 51.4 Å². The average Bonchev–Trinajstić information content (AvgIpc) is 2.42. The van der Waals surface area contributed by atoms with Crippen molar-refractivity contribution in [3.8, 4) is 0 Å². The predicted molar refractivity (Wildman–Crippen MR) is 55.5 cm³/mol. The van der Waals surface area contributed by atoms with Gasteiger partial charge in [-0.05, 0) is 33.6 Å². The van der Waals surface area contributed by atoms with Crippen LogP contribution in [0, 0.1) is 0 Å². The number of hydrogen-bond acceptors (Lipinski definition) is 3. The maximum Gasteiger partial charge on any atom is 0.412 e. The molecule has 4 heteroatoms. The normalized spacial score (nSPS) is 30.5. The Labute approximate surface area is 90.5 Å². The average molecular weight is 213 g/mol. The van der Waals surface area contributed by atoms with Gasteiger partial charge in [0.15, 0.2) is 0 Å². The molecule has 86 valence electrons. The van der Waals surface area contributed by atoms with E-state index >= 15 is 0 Å². The Morgan fingerprint density at radius 2 is 2.07 bits per heavy atom. The number of amides is 1. The molecule has 0 aromatic heterocycles. The molecule has 0 saturated carbocycles. The van der Waals surface area contributed by atoms with E-state index in [9.17, 15) is 4.79 Å². The van der Waals surface area contributed by atoms with Crippen LogP contribution in [0.25, 0.3) is 0 Å². The highest BCUT2D eigenvalue weighted by Gasteiger charge is 2.50. The highest BCUT2D eigenvalue weighted by Crippen LogP contribution is 2.40. The summed E-state index contributed by atoms with van der Waals surface area (Å²) in [6, 6.07) is 0. The van der Waals surface area contributed by atoms with Gasteiger partial charge in [0.1, 0.15) is 11.3 Å². The maximum absolute atomic E-state index is 11.9. The minimum atomic E-state index is -0.426. The van der Waals surface area contributed by atoms with Gasteiger partial charge in [0, 0.05) is 13.0 Å². The van der Waals surface area contributed by atoms with E-state index in [-0.39, 0.29) is 11.8 Å². The van der Waals surface area contributed by atoms with Crippen molar-refractivity contribution in [1.82, 2.24) is 4.90 Å². The second-order valence-electron chi connectivity index (χ2n) is 5.28. The summed E-state index contributed by atoms with van der Waals surface area (Å²) < 4.78 is 10.9. The summed E-state index contributed by atoms with van der Waals surface area (Å²) >= 11 is 0. The van der Waals surface area contributed by atoms with Crippen LogP contribution in [0.5, 0.6) is 0 Å². The van der Waals surface area contributed by atoms with E-state index in [1.807, 2.05) is 20.8 Å². The predicted octanol–water partition coefficient (Wildman–Crippen LogP) is 2.13. The minimum Gasteiger partial charge on any atom is -0.444 e. The molecule has 1 atom stereocenters. The van der Waals surface area contributed by atoms with Gasteiger partial charge < -0.3 is 9.47 Å². The Hall–Kier alpha value is -0.770. The molecule has 1 unspecified atom stereocenters. The van der Waals surface area contributed by atoms with Crippen LogP contribution in [0.1, 0.15) is 40.0 Å². The van der Waals surface area contributed by atoms with Gasteiger partial charge in [-0.3, -0.25) is 4.90 Å². The van der Waals surface area contributed by atoms with Crippen molar-refractivity contribution in [2.24, 2.45) is 0 Å². The van der Waals surface area contributed by atoms with Gasteiger partial charge in [-0.1, -0.05) is 0 Å². The third-order valence-electron chi connectivity index (χ3n) is 2.92. The summed E-state index contributed by atoms with van der Waals surface area (Å²) in [5.74, 6) is 0. The fourth-order valence-corrected chi connectivity index (χ4v) is 2.17. The molecule has 0 N–H and O–H groups in total. The summed E-state index contributed by atoms with van der Waals surface area (Å²) in [7, 11) is 0. The number of carbonyl (C=O) groups excluding carboxylic acids is 1. The van der Waals surface area contributed by atoms with Crippen LogP contribution in [0.2, 0.25) is 0 Å². The van der Waals surface area contributed by atoms with Gasteiger partial charge in [-0.25, -0.2) is 4.79 Å². The molecule has 2 aliphatic heterocycles. The van der Waals surface area contributed by atoms with Crippen LogP contribution in [0.4, 0.5) is 4.79 Å². The van der Waals surface area contributed by atoms with Crippen molar-refractivity contribution in [2.75, 3.05) is 13.2 Å². The molecule has 0 aromatic rings. The Bertz CT molecular complexity index is 265. The summed E-state index contributed by atoms with van der Waals surface area (Å²) in [6.45, 7) is 7.17. The summed E-state index contributed by atoms with van der Waals surface area (Å²) in [6.07, 6.45) is 2.68. The van der Waals surface area contributed by atoms with E-state index in [1.54, 1.807) is 4.90 Å². The lowest BCUT2D eigenvalue weighted by atomic mass is 10.0. The van der Waals surface area contributed by atoms with Crippen molar-refractivity contribution in [3.63, 3.8) is 0 Å². The van der Waals surface area contributed by atoms with Crippen LogP contribution in [-0.4, -0.2) is 35.5 Å². The summed E-state index contributed by atoms with van der Waals surface area (Å²) in [4.78, 5) is 13.6. The van der Waals surface area contributed by atoms with E-state index < -0.39 is 5.60 Å². The minimum absolute atomic E-state index is 0.236. The number of rotatable bonds is 0. The molecule has 2 rings (SSSR count). The second kappa shape index (κ2) is 3.37. The lowest BCUT2D eigenvalue weighted by Gasteiger charge is -2.45. The first-order valence-electron chi connectivity index (χ1n) is 5.58. The van der Waals surface area contributed by atoms with Crippen molar-refractivity contribution >= 4 is 6.09 Å². The Balaban J connectivity index is 2.01. The zero-order valence-electron chi connectivity index (χ0n) is 9.71. The molecule has 2 heterocycles. The number of hydrogen-bond donors (Lipinski definition) is 0. The molecule has 0 bridgehead atoms. The fourth-order valence-electron chi connectivity index (χ4n) is 2.17.